The van der Waals surface area contributed by atoms with Gasteiger partial charge in [0.25, 0.3) is 0 Å². The van der Waals surface area contributed by atoms with Crippen molar-refractivity contribution in [2.45, 2.75) is 32.8 Å². The van der Waals surface area contributed by atoms with Gasteiger partial charge >= 0.3 is 0 Å². The third kappa shape index (κ3) is 2.13. The summed E-state index contributed by atoms with van der Waals surface area (Å²) in [5.74, 6) is 0.291. The molecule has 1 N–H and O–H groups in total. The second-order valence-corrected chi connectivity index (χ2v) is 4.67. The largest absolute Gasteiger partial charge is 0.392 e. The second-order valence-electron chi connectivity index (χ2n) is 4.67. The van der Waals surface area contributed by atoms with Gasteiger partial charge in [0.1, 0.15) is 0 Å². The lowest BCUT2D eigenvalue weighted by Gasteiger charge is -2.16. The first-order valence-corrected chi connectivity index (χ1v) is 5.84. The molecule has 4 nitrogen and oxygen atoms in total. The van der Waals surface area contributed by atoms with Crippen molar-refractivity contribution >= 4 is 0 Å². The molecule has 16 heavy (non-hydrogen) atoms. The van der Waals surface area contributed by atoms with Crippen LogP contribution in [0.2, 0.25) is 0 Å². The summed E-state index contributed by atoms with van der Waals surface area (Å²) in [6.07, 6.45) is 1.36. The molecule has 2 unspecified atom stereocenters. The van der Waals surface area contributed by atoms with Gasteiger partial charge in [-0.2, -0.15) is 5.10 Å². The number of aliphatic hydroxyl groups is 1. The van der Waals surface area contributed by atoms with E-state index in [-0.39, 0.29) is 6.10 Å². The quantitative estimate of drug-likeness (QED) is 0.832. The molecule has 1 aliphatic heterocycles. The predicted molar refractivity (Wildman–Crippen MR) is 61.3 cm³/mol. The zero-order valence-electron chi connectivity index (χ0n) is 10.2. The van der Waals surface area contributed by atoms with E-state index in [0.717, 1.165) is 24.4 Å². The number of rotatable bonds is 3. The van der Waals surface area contributed by atoms with Crippen molar-refractivity contribution in [3.05, 3.63) is 17.0 Å². The zero-order chi connectivity index (χ0) is 11.7. The molecule has 1 aromatic rings. The number of aliphatic hydroxyl groups excluding tert-OH is 1. The first-order valence-electron chi connectivity index (χ1n) is 5.84. The average molecular weight is 224 g/mol. The number of ether oxygens (including phenoxy) is 1. The van der Waals surface area contributed by atoms with Crippen LogP contribution in [-0.4, -0.2) is 34.2 Å². The third-order valence-corrected chi connectivity index (χ3v) is 3.58. The lowest BCUT2D eigenvalue weighted by atomic mass is 9.95. The van der Waals surface area contributed by atoms with Crippen LogP contribution in [-0.2, 0) is 18.2 Å². The van der Waals surface area contributed by atoms with Gasteiger partial charge in [0.2, 0.25) is 0 Å². The molecule has 1 saturated heterocycles. The molecule has 1 aliphatic rings. The normalized spacial score (nSPS) is 22.6. The molecular weight excluding hydrogens is 204 g/mol. The lowest BCUT2D eigenvalue weighted by molar-refractivity contribution is 0.0916. The fraction of sp³-hybridized carbons (Fsp3) is 0.750. The minimum Gasteiger partial charge on any atom is -0.392 e. The van der Waals surface area contributed by atoms with Crippen LogP contribution in [0.1, 0.15) is 23.4 Å². The van der Waals surface area contributed by atoms with E-state index in [1.54, 1.807) is 0 Å². The smallest absolute Gasteiger partial charge is 0.0632 e. The number of nitrogens with zero attached hydrogens (tertiary/aromatic N) is 2. The van der Waals surface area contributed by atoms with Crippen molar-refractivity contribution < 1.29 is 9.84 Å². The first kappa shape index (κ1) is 11.6. The molecule has 90 valence electrons. The van der Waals surface area contributed by atoms with E-state index in [0.29, 0.717) is 18.9 Å². The van der Waals surface area contributed by atoms with Gasteiger partial charge < -0.3 is 9.84 Å². The Kier molecular flexibility index (Phi) is 3.30. The van der Waals surface area contributed by atoms with Gasteiger partial charge in [-0.1, -0.05) is 0 Å². The molecule has 2 rings (SSSR count). The van der Waals surface area contributed by atoms with Gasteiger partial charge in [0.05, 0.1) is 18.4 Å². The van der Waals surface area contributed by atoms with Crippen LogP contribution in [0.5, 0.6) is 0 Å². The van der Waals surface area contributed by atoms with Crippen LogP contribution >= 0.6 is 0 Å². The van der Waals surface area contributed by atoms with E-state index >= 15 is 0 Å². The highest BCUT2D eigenvalue weighted by atomic mass is 16.5. The van der Waals surface area contributed by atoms with E-state index < -0.39 is 0 Å². The zero-order valence-corrected chi connectivity index (χ0v) is 10.2. The molecule has 0 amide bonds. The third-order valence-electron chi connectivity index (χ3n) is 3.58. The van der Waals surface area contributed by atoms with Gasteiger partial charge in [-0.05, 0) is 25.8 Å². The molecule has 0 saturated carbocycles. The molecule has 0 aliphatic carbocycles. The van der Waals surface area contributed by atoms with Gasteiger partial charge in [0.15, 0.2) is 0 Å². The second kappa shape index (κ2) is 4.55. The molecule has 1 aromatic heterocycles. The number of hydrogen-bond donors (Lipinski definition) is 1. The molecule has 0 aromatic carbocycles. The Morgan fingerprint density at radius 2 is 2.31 bits per heavy atom. The molecule has 0 radical (unpaired) electrons. The summed E-state index contributed by atoms with van der Waals surface area (Å²) in [5, 5.41) is 14.5. The maximum absolute atomic E-state index is 10.1. The highest BCUT2D eigenvalue weighted by Crippen LogP contribution is 2.22. The average Bonchev–Trinajstić information content (AvgIpc) is 2.83. The van der Waals surface area contributed by atoms with E-state index in [1.807, 2.05) is 25.6 Å². The molecular formula is C12H20N2O2. The van der Waals surface area contributed by atoms with Crippen molar-refractivity contribution in [2.24, 2.45) is 13.0 Å². The predicted octanol–water partition coefficient (Wildman–Crippen LogP) is 0.977. The maximum atomic E-state index is 10.1. The van der Waals surface area contributed by atoms with Crippen LogP contribution in [0.25, 0.3) is 0 Å². The highest BCUT2D eigenvalue weighted by molar-refractivity contribution is 5.25. The molecule has 0 spiro atoms. The maximum Gasteiger partial charge on any atom is 0.0632 e. The summed E-state index contributed by atoms with van der Waals surface area (Å²) in [6, 6.07) is 0. The van der Waals surface area contributed by atoms with Crippen LogP contribution < -0.4 is 0 Å². The molecule has 1 fully saturated rings. The van der Waals surface area contributed by atoms with Crippen LogP contribution in [0.15, 0.2) is 0 Å². The van der Waals surface area contributed by atoms with Crippen molar-refractivity contribution in [1.29, 1.82) is 0 Å². The standard InChI is InChI=1S/C12H20N2O2/c1-8-11(9(2)14(3)13-8)6-12(15)10-4-5-16-7-10/h10,12,15H,4-7H2,1-3H3. The minimum absolute atomic E-state index is 0.291. The number of aryl methyl sites for hydroxylation is 2. The van der Waals surface area contributed by atoms with Crippen LogP contribution in [0.3, 0.4) is 0 Å². The van der Waals surface area contributed by atoms with Crippen molar-refractivity contribution in [3.8, 4) is 0 Å². The SMILES string of the molecule is Cc1nn(C)c(C)c1CC(O)C1CCOC1. The Labute approximate surface area is 96.2 Å². The van der Waals surface area contributed by atoms with E-state index in [1.165, 1.54) is 5.56 Å². The Morgan fingerprint density at radius 1 is 1.56 bits per heavy atom. The minimum atomic E-state index is -0.302. The van der Waals surface area contributed by atoms with Gasteiger partial charge in [-0.3, -0.25) is 4.68 Å². The first-order chi connectivity index (χ1) is 7.59. The van der Waals surface area contributed by atoms with Gasteiger partial charge in [0, 0.05) is 31.7 Å². The Balaban J connectivity index is 2.07. The van der Waals surface area contributed by atoms with Gasteiger partial charge in [-0.15, -0.1) is 0 Å². The number of hydrogen-bond acceptors (Lipinski definition) is 3. The topological polar surface area (TPSA) is 47.3 Å². The monoisotopic (exact) mass is 224 g/mol. The van der Waals surface area contributed by atoms with Crippen molar-refractivity contribution in [1.82, 2.24) is 9.78 Å². The number of aromatic nitrogens is 2. The summed E-state index contributed by atoms with van der Waals surface area (Å²) >= 11 is 0. The summed E-state index contributed by atoms with van der Waals surface area (Å²) in [5.41, 5.74) is 3.36. The fourth-order valence-electron chi connectivity index (χ4n) is 2.34. The Hall–Kier alpha value is -0.870. The molecule has 0 bridgehead atoms. The Morgan fingerprint density at radius 3 is 2.81 bits per heavy atom. The van der Waals surface area contributed by atoms with Crippen molar-refractivity contribution in [3.63, 3.8) is 0 Å². The van der Waals surface area contributed by atoms with Gasteiger partial charge in [-0.25, -0.2) is 0 Å². The molecule has 2 atom stereocenters. The van der Waals surface area contributed by atoms with Crippen LogP contribution in [0.4, 0.5) is 0 Å². The lowest BCUT2D eigenvalue weighted by Crippen LogP contribution is -2.23. The van der Waals surface area contributed by atoms with E-state index in [2.05, 4.69) is 5.10 Å². The summed E-state index contributed by atoms with van der Waals surface area (Å²) in [4.78, 5) is 0. The fourth-order valence-corrected chi connectivity index (χ4v) is 2.34. The summed E-state index contributed by atoms with van der Waals surface area (Å²) in [6.45, 7) is 5.53. The molecule has 2 heterocycles. The highest BCUT2D eigenvalue weighted by Gasteiger charge is 2.25. The summed E-state index contributed by atoms with van der Waals surface area (Å²) < 4.78 is 7.18. The van der Waals surface area contributed by atoms with Crippen molar-refractivity contribution in [2.75, 3.05) is 13.2 Å². The molecule has 4 heteroatoms. The van der Waals surface area contributed by atoms with E-state index in [9.17, 15) is 5.11 Å². The van der Waals surface area contributed by atoms with Crippen LogP contribution in [0, 0.1) is 19.8 Å². The summed E-state index contributed by atoms with van der Waals surface area (Å²) in [7, 11) is 1.94. The van der Waals surface area contributed by atoms with E-state index in [4.69, 9.17) is 4.74 Å². The Bertz CT molecular complexity index is 367.